The molecule has 3 N–H and O–H groups in total. The van der Waals surface area contributed by atoms with Crippen molar-refractivity contribution >= 4 is 17.7 Å². The highest BCUT2D eigenvalue weighted by Crippen LogP contribution is 2.17. The highest BCUT2D eigenvalue weighted by atomic mass is 16.5. The number of urea groups is 1. The number of carbonyl (C=O) groups excluding carboxylic acids is 1. The third-order valence-electron chi connectivity index (χ3n) is 3.07. The van der Waals surface area contributed by atoms with Gasteiger partial charge in [-0.25, -0.2) is 9.59 Å². The lowest BCUT2D eigenvalue weighted by molar-refractivity contribution is -0.139. The Morgan fingerprint density at radius 3 is 3.00 bits per heavy atom. The molecule has 1 aliphatic heterocycles. The van der Waals surface area contributed by atoms with E-state index in [1.54, 1.807) is 29.2 Å². The highest BCUT2D eigenvalue weighted by Gasteiger charge is 2.15. The van der Waals surface area contributed by atoms with Gasteiger partial charge >= 0.3 is 12.0 Å². The molecule has 1 saturated heterocycles. The van der Waals surface area contributed by atoms with Crippen LogP contribution in [-0.4, -0.2) is 54.8 Å². The van der Waals surface area contributed by atoms with Crippen molar-refractivity contribution in [2.45, 2.75) is 6.42 Å². The molecule has 1 heterocycles. The molecule has 1 fully saturated rings. The van der Waals surface area contributed by atoms with Gasteiger partial charge in [0, 0.05) is 31.4 Å². The summed E-state index contributed by atoms with van der Waals surface area (Å²) in [6, 6.07) is 6.54. The molecule has 1 aromatic carbocycles. The van der Waals surface area contributed by atoms with Crippen LogP contribution in [0.1, 0.15) is 6.42 Å². The zero-order valence-electron chi connectivity index (χ0n) is 11.7. The summed E-state index contributed by atoms with van der Waals surface area (Å²) in [6.45, 7) is 2.68. The number of hydrogen-bond donors (Lipinski definition) is 3. The molecule has 1 aliphatic rings. The number of anilines is 1. The minimum Gasteiger partial charge on any atom is -0.482 e. The molecule has 7 nitrogen and oxygen atoms in total. The molecule has 1 aromatic rings. The Balaban J connectivity index is 1.93. The SMILES string of the molecule is O=C(O)COc1cccc(NC(=O)N2CCCNCC2)c1. The Hall–Kier alpha value is -2.28. The van der Waals surface area contributed by atoms with Crippen molar-refractivity contribution in [2.24, 2.45) is 0 Å². The Morgan fingerprint density at radius 2 is 2.19 bits per heavy atom. The summed E-state index contributed by atoms with van der Waals surface area (Å²) in [4.78, 5) is 24.4. The van der Waals surface area contributed by atoms with E-state index in [0.717, 1.165) is 19.5 Å². The van der Waals surface area contributed by atoms with Gasteiger partial charge in [0.05, 0.1) is 0 Å². The van der Waals surface area contributed by atoms with Gasteiger partial charge in [-0.1, -0.05) is 6.07 Å². The van der Waals surface area contributed by atoms with E-state index in [1.165, 1.54) is 0 Å². The van der Waals surface area contributed by atoms with Gasteiger partial charge in [0.2, 0.25) is 0 Å². The minimum atomic E-state index is -1.04. The Labute approximate surface area is 122 Å². The van der Waals surface area contributed by atoms with E-state index in [-0.39, 0.29) is 6.03 Å². The first-order chi connectivity index (χ1) is 10.1. The summed E-state index contributed by atoms with van der Waals surface area (Å²) in [5.74, 6) is -0.630. The van der Waals surface area contributed by atoms with Crippen molar-refractivity contribution in [2.75, 3.05) is 38.1 Å². The fourth-order valence-electron chi connectivity index (χ4n) is 2.06. The number of nitrogens with zero attached hydrogens (tertiary/aromatic N) is 1. The van der Waals surface area contributed by atoms with E-state index in [1.807, 2.05) is 0 Å². The highest BCUT2D eigenvalue weighted by molar-refractivity contribution is 5.89. The lowest BCUT2D eigenvalue weighted by Crippen LogP contribution is -2.37. The number of carboxylic acid groups (broad SMARTS) is 1. The summed E-state index contributed by atoms with van der Waals surface area (Å²) in [7, 11) is 0. The van der Waals surface area contributed by atoms with Crippen LogP contribution in [0.3, 0.4) is 0 Å². The van der Waals surface area contributed by atoms with Crippen LogP contribution >= 0.6 is 0 Å². The van der Waals surface area contributed by atoms with E-state index in [0.29, 0.717) is 24.5 Å². The second-order valence-electron chi connectivity index (χ2n) is 4.73. The second kappa shape index (κ2) is 7.49. The van der Waals surface area contributed by atoms with Gasteiger partial charge in [-0.3, -0.25) is 0 Å². The molecule has 2 rings (SSSR count). The average Bonchev–Trinajstić information content (AvgIpc) is 2.74. The fourth-order valence-corrected chi connectivity index (χ4v) is 2.06. The van der Waals surface area contributed by atoms with Gasteiger partial charge in [-0.2, -0.15) is 0 Å². The normalized spacial score (nSPS) is 15.1. The lowest BCUT2D eigenvalue weighted by atomic mass is 10.3. The number of amides is 2. The monoisotopic (exact) mass is 293 g/mol. The lowest BCUT2D eigenvalue weighted by Gasteiger charge is -2.20. The summed E-state index contributed by atoms with van der Waals surface area (Å²) in [5.41, 5.74) is 0.583. The van der Waals surface area contributed by atoms with Gasteiger partial charge in [-0.05, 0) is 25.1 Å². The van der Waals surface area contributed by atoms with E-state index in [9.17, 15) is 9.59 Å². The van der Waals surface area contributed by atoms with Crippen LogP contribution in [0.4, 0.5) is 10.5 Å². The molecule has 0 radical (unpaired) electrons. The largest absolute Gasteiger partial charge is 0.482 e. The predicted molar refractivity (Wildman–Crippen MR) is 77.7 cm³/mol. The average molecular weight is 293 g/mol. The summed E-state index contributed by atoms with van der Waals surface area (Å²) in [6.07, 6.45) is 0.926. The standard InChI is InChI=1S/C14H19N3O4/c18-13(19)10-21-12-4-1-3-11(9-12)16-14(20)17-7-2-5-15-6-8-17/h1,3-4,9,15H,2,5-8,10H2,(H,16,20)(H,18,19). The number of nitrogens with one attached hydrogen (secondary N) is 2. The van der Waals surface area contributed by atoms with Crippen molar-refractivity contribution in [3.05, 3.63) is 24.3 Å². The number of hydrogen-bond acceptors (Lipinski definition) is 4. The topological polar surface area (TPSA) is 90.9 Å². The maximum atomic E-state index is 12.1. The fraction of sp³-hybridized carbons (Fsp3) is 0.429. The number of carbonyl (C=O) groups is 2. The summed E-state index contributed by atoms with van der Waals surface area (Å²) in [5, 5.41) is 14.6. The Bertz CT molecular complexity index is 499. The molecular weight excluding hydrogens is 274 g/mol. The molecule has 0 unspecified atom stereocenters. The van der Waals surface area contributed by atoms with Crippen molar-refractivity contribution in [1.29, 1.82) is 0 Å². The zero-order chi connectivity index (χ0) is 15.1. The second-order valence-corrected chi connectivity index (χ2v) is 4.73. The Kier molecular flexibility index (Phi) is 5.39. The van der Waals surface area contributed by atoms with E-state index < -0.39 is 12.6 Å². The summed E-state index contributed by atoms with van der Waals surface area (Å²) >= 11 is 0. The first kappa shape index (κ1) is 15.1. The van der Waals surface area contributed by atoms with Crippen molar-refractivity contribution in [3.8, 4) is 5.75 Å². The van der Waals surface area contributed by atoms with E-state index >= 15 is 0 Å². The van der Waals surface area contributed by atoms with Crippen LogP contribution in [0, 0.1) is 0 Å². The third kappa shape index (κ3) is 4.96. The molecule has 0 atom stereocenters. The third-order valence-corrected chi connectivity index (χ3v) is 3.07. The Morgan fingerprint density at radius 1 is 1.33 bits per heavy atom. The van der Waals surface area contributed by atoms with Gasteiger partial charge in [0.15, 0.2) is 6.61 Å². The molecule has 7 heteroatoms. The van der Waals surface area contributed by atoms with Crippen LogP contribution < -0.4 is 15.4 Å². The van der Waals surface area contributed by atoms with Crippen LogP contribution in [0.5, 0.6) is 5.75 Å². The number of aliphatic carboxylic acids is 1. The van der Waals surface area contributed by atoms with Gasteiger partial charge in [0.25, 0.3) is 0 Å². The molecule has 0 aliphatic carbocycles. The molecule has 0 aromatic heterocycles. The van der Waals surface area contributed by atoms with Crippen LogP contribution in [-0.2, 0) is 4.79 Å². The minimum absolute atomic E-state index is 0.158. The maximum Gasteiger partial charge on any atom is 0.341 e. The van der Waals surface area contributed by atoms with Crippen LogP contribution in [0.2, 0.25) is 0 Å². The predicted octanol–water partition coefficient (Wildman–Crippen LogP) is 0.977. The number of benzene rings is 1. The first-order valence-corrected chi connectivity index (χ1v) is 6.86. The summed E-state index contributed by atoms with van der Waals surface area (Å²) < 4.78 is 5.08. The number of rotatable bonds is 4. The first-order valence-electron chi connectivity index (χ1n) is 6.86. The number of carboxylic acids is 1. The van der Waals surface area contributed by atoms with Crippen molar-refractivity contribution < 1.29 is 19.4 Å². The molecule has 0 spiro atoms. The van der Waals surface area contributed by atoms with Crippen LogP contribution in [0.15, 0.2) is 24.3 Å². The van der Waals surface area contributed by atoms with Crippen molar-refractivity contribution in [3.63, 3.8) is 0 Å². The molecule has 114 valence electrons. The van der Waals surface area contributed by atoms with Crippen LogP contribution in [0.25, 0.3) is 0 Å². The van der Waals surface area contributed by atoms with E-state index in [2.05, 4.69) is 10.6 Å². The van der Waals surface area contributed by atoms with Gasteiger partial charge in [0.1, 0.15) is 5.75 Å². The maximum absolute atomic E-state index is 12.1. The quantitative estimate of drug-likeness (QED) is 0.769. The molecule has 0 saturated carbocycles. The van der Waals surface area contributed by atoms with Gasteiger partial charge in [-0.15, -0.1) is 0 Å². The molecule has 0 bridgehead atoms. The molecule has 2 amide bonds. The zero-order valence-corrected chi connectivity index (χ0v) is 11.7. The van der Waals surface area contributed by atoms with Crippen molar-refractivity contribution in [1.82, 2.24) is 10.2 Å². The van der Waals surface area contributed by atoms with E-state index in [4.69, 9.17) is 9.84 Å². The molecule has 21 heavy (non-hydrogen) atoms. The number of ether oxygens (including phenoxy) is 1. The van der Waals surface area contributed by atoms with Gasteiger partial charge < -0.3 is 25.4 Å². The molecular formula is C14H19N3O4. The smallest absolute Gasteiger partial charge is 0.341 e.